The van der Waals surface area contributed by atoms with Crippen LogP contribution < -0.4 is 4.90 Å². The molecule has 1 atom stereocenters. The van der Waals surface area contributed by atoms with Gasteiger partial charge in [0.2, 0.25) is 0 Å². The van der Waals surface area contributed by atoms with Gasteiger partial charge in [0, 0.05) is 17.8 Å². The molecule has 0 aromatic heterocycles. The molecule has 0 aliphatic carbocycles. The average molecular weight is 335 g/mol. The third kappa shape index (κ3) is 6.22. The first-order valence-corrected chi connectivity index (χ1v) is 9.14. The Bertz CT molecular complexity index is 663. The van der Waals surface area contributed by atoms with Gasteiger partial charge in [0.15, 0.2) is 0 Å². The Labute approximate surface area is 152 Å². The summed E-state index contributed by atoms with van der Waals surface area (Å²) in [6.07, 6.45) is 4.45. The van der Waals surface area contributed by atoms with Crippen LogP contribution in [0.15, 0.2) is 72.8 Å². The van der Waals surface area contributed by atoms with Gasteiger partial charge in [0.05, 0.1) is 0 Å². The van der Waals surface area contributed by atoms with Crippen LogP contribution >= 0.6 is 0 Å². The molecule has 2 aromatic rings. The molecule has 0 aliphatic heterocycles. The van der Waals surface area contributed by atoms with Crippen molar-refractivity contribution in [2.75, 3.05) is 11.4 Å². The van der Waals surface area contributed by atoms with E-state index in [0.29, 0.717) is 5.92 Å². The van der Waals surface area contributed by atoms with Crippen molar-refractivity contribution in [3.63, 3.8) is 0 Å². The van der Waals surface area contributed by atoms with Crippen LogP contribution in [0.4, 0.5) is 5.69 Å². The SMILES string of the molecule is C=C(C)CCCC(C)CCN(C(=O)c1ccccc1)c1ccccc1. The molecule has 0 aliphatic rings. The van der Waals surface area contributed by atoms with Gasteiger partial charge < -0.3 is 4.90 Å². The Balaban J connectivity index is 2.03. The lowest BCUT2D eigenvalue weighted by Gasteiger charge is -2.24. The van der Waals surface area contributed by atoms with E-state index < -0.39 is 0 Å². The maximum atomic E-state index is 13.0. The number of benzene rings is 2. The Morgan fingerprint density at radius 3 is 2.20 bits per heavy atom. The quantitative estimate of drug-likeness (QED) is 0.507. The molecule has 0 saturated carbocycles. The lowest BCUT2D eigenvalue weighted by atomic mass is 9.98. The highest BCUT2D eigenvalue weighted by Gasteiger charge is 2.18. The number of amides is 1. The predicted octanol–water partition coefficient (Wildman–Crippen LogP) is 6.11. The topological polar surface area (TPSA) is 20.3 Å². The normalized spacial score (nSPS) is 11.8. The fraction of sp³-hybridized carbons (Fsp3) is 0.348. The van der Waals surface area contributed by atoms with Crippen molar-refractivity contribution in [3.8, 4) is 0 Å². The van der Waals surface area contributed by atoms with Crippen LogP contribution in [0.1, 0.15) is 49.9 Å². The Hall–Kier alpha value is -2.35. The van der Waals surface area contributed by atoms with Crippen LogP contribution in [-0.4, -0.2) is 12.5 Å². The Morgan fingerprint density at radius 1 is 1.00 bits per heavy atom. The minimum Gasteiger partial charge on any atom is -0.308 e. The van der Waals surface area contributed by atoms with Crippen LogP contribution in [0, 0.1) is 5.92 Å². The molecule has 25 heavy (non-hydrogen) atoms. The fourth-order valence-electron chi connectivity index (χ4n) is 2.94. The summed E-state index contributed by atoms with van der Waals surface area (Å²) >= 11 is 0. The van der Waals surface area contributed by atoms with Crippen molar-refractivity contribution < 1.29 is 4.79 Å². The molecule has 0 saturated heterocycles. The van der Waals surface area contributed by atoms with Gasteiger partial charge in [0.25, 0.3) is 5.91 Å². The second-order valence-electron chi connectivity index (χ2n) is 6.90. The van der Waals surface area contributed by atoms with E-state index in [2.05, 4.69) is 20.4 Å². The highest BCUT2D eigenvalue weighted by Crippen LogP contribution is 2.20. The summed E-state index contributed by atoms with van der Waals surface area (Å²) in [7, 11) is 0. The smallest absolute Gasteiger partial charge is 0.258 e. The summed E-state index contributed by atoms with van der Waals surface area (Å²) in [6.45, 7) is 9.07. The molecular formula is C23H29NO. The summed E-state index contributed by atoms with van der Waals surface area (Å²) in [4.78, 5) is 14.9. The zero-order chi connectivity index (χ0) is 18.1. The van der Waals surface area contributed by atoms with Crippen LogP contribution in [0.25, 0.3) is 0 Å². The molecule has 0 bridgehead atoms. The van der Waals surface area contributed by atoms with Crippen molar-refractivity contribution in [2.24, 2.45) is 5.92 Å². The van der Waals surface area contributed by atoms with Crippen molar-refractivity contribution >= 4 is 11.6 Å². The van der Waals surface area contributed by atoms with Gasteiger partial charge in [-0.15, -0.1) is 6.58 Å². The van der Waals surface area contributed by atoms with Crippen LogP contribution in [-0.2, 0) is 0 Å². The molecule has 0 heterocycles. The van der Waals surface area contributed by atoms with E-state index in [1.54, 1.807) is 0 Å². The van der Waals surface area contributed by atoms with Gasteiger partial charge in [-0.1, -0.05) is 55.3 Å². The van der Waals surface area contributed by atoms with E-state index in [1.807, 2.05) is 65.6 Å². The highest BCUT2D eigenvalue weighted by atomic mass is 16.2. The van der Waals surface area contributed by atoms with Crippen LogP contribution in [0.5, 0.6) is 0 Å². The van der Waals surface area contributed by atoms with Crippen molar-refractivity contribution in [2.45, 2.75) is 39.5 Å². The van der Waals surface area contributed by atoms with E-state index in [1.165, 1.54) is 18.4 Å². The number of nitrogens with zero attached hydrogens (tertiary/aromatic N) is 1. The molecule has 1 amide bonds. The standard InChI is InChI=1S/C23H29NO/c1-19(2)11-10-12-20(3)17-18-24(22-15-8-5-9-16-22)23(25)21-13-6-4-7-14-21/h4-9,13-16,20H,1,10-12,17-18H2,2-3H3. The zero-order valence-electron chi connectivity index (χ0n) is 15.4. The second-order valence-corrected chi connectivity index (χ2v) is 6.90. The fourth-order valence-corrected chi connectivity index (χ4v) is 2.94. The molecule has 0 fully saturated rings. The van der Waals surface area contributed by atoms with Crippen LogP contribution in [0.2, 0.25) is 0 Å². The summed E-state index contributed by atoms with van der Waals surface area (Å²) in [5.41, 5.74) is 2.95. The Kier molecular flexibility index (Phi) is 7.46. The lowest BCUT2D eigenvalue weighted by Crippen LogP contribution is -2.32. The predicted molar refractivity (Wildman–Crippen MR) is 107 cm³/mol. The number of rotatable bonds is 9. The largest absolute Gasteiger partial charge is 0.308 e. The third-order valence-corrected chi connectivity index (χ3v) is 4.48. The number of hydrogen-bond donors (Lipinski definition) is 0. The molecule has 132 valence electrons. The van der Waals surface area contributed by atoms with E-state index >= 15 is 0 Å². The van der Waals surface area contributed by atoms with Gasteiger partial charge in [0.1, 0.15) is 0 Å². The molecule has 0 radical (unpaired) electrons. The summed E-state index contributed by atoms with van der Waals surface area (Å²) in [5, 5.41) is 0. The average Bonchev–Trinajstić information content (AvgIpc) is 2.63. The van der Waals surface area contributed by atoms with Gasteiger partial charge >= 0.3 is 0 Å². The molecule has 0 spiro atoms. The van der Waals surface area contributed by atoms with E-state index in [0.717, 1.165) is 30.6 Å². The summed E-state index contributed by atoms with van der Waals surface area (Å²) in [5.74, 6) is 0.662. The number of hydrogen-bond acceptors (Lipinski definition) is 1. The first-order valence-electron chi connectivity index (χ1n) is 9.14. The van der Waals surface area contributed by atoms with Gasteiger partial charge in [-0.2, -0.15) is 0 Å². The first kappa shape index (κ1) is 19.0. The molecule has 0 N–H and O–H groups in total. The summed E-state index contributed by atoms with van der Waals surface area (Å²) < 4.78 is 0. The van der Waals surface area contributed by atoms with E-state index in [4.69, 9.17) is 0 Å². The van der Waals surface area contributed by atoms with Crippen molar-refractivity contribution in [1.82, 2.24) is 0 Å². The monoisotopic (exact) mass is 335 g/mol. The highest BCUT2D eigenvalue weighted by molar-refractivity contribution is 6.06. The maximum absolute atomic E-state index is 13.0. The van der Waals surface area contributed by atoms with E-state index in [9.17, 15) is 4.79 Å². The minimum absolute atomic E-state index is 0.0703. The Morgan fingerprint density at radius 2 is 1.60 bits per heavy atom. The molecule has 1 unspecified atom stereocenters. The first-order chi connectivity index (χ1) is 12.1. The number of anilines is 1. The van der Waals surface area contributed by atoms with Gasteiger partial charge in [-0.3, -0.25) is 4.79 Å². The second kappa shape index (κ2) is 9.83. The summed E-state index contributed by atoms with van der Waals surface area (Å²) in [6, 6.07) is 19.5. The number of para-hydroxylation sites is 1. The molecule has 2 nitrogen and oxygen atoms in total. The van der Waals surface area contributed by atoms with Crippen molar-refractivity contribution in [1.29, 1.82) is 0 Å². The lowest BCUT2D eigenvalue weighted by molar-refractivity contribution is 0.0985. The number of allylic oxidation sites excluding steroid dienone is 1. The number of carbonyl (C=O) groups excluding carboxylic acids is 1. The minimum atomic E-state index is 0.0703. The molecule has 2 rings (SSSR count). The van der Waals surface area contributed by atoms with Gasteiger partial charge in [-0.25, -0.2) is 0 Å². The molecular weight excluding hydrogens is 306 g/mol. The van der Waals surface area contributed by atoms with Gasteiger partial charge in [-0.05, 0) is 56.4 Å². The zero-order valence-corrected chi connectivity index (χ0v) is 15.4. The van der Waals surface area contributed by atoms with Crippen LogP contribution in [0.3, 0.4) is 0 Å². The maximum Gasteiger partial charge on any atom is 0.258 e. The molecule has 2 aromatic carbocycles. The molecule has 2 heteroatoms. The van der Waals surface area contributed by atoms with Crippen molar-refractivity contribution in [3.05, 3.63) is 78.4 Å². The third-order valence-electron chi connectivity index (χ3n) is 4.48. The number of carbonyl (C=O) groups is 1. The van der Waals surface area contributed by atoms with E-state index in [-0.39, 0.29) is 5.91 Å².